The molecule has 0 aliphatic rings. The second-order valence-corrected chi connectivity index (χ2v) is 6.34. The minimum atomic E-state index is -3.92. The van der Waals surface area contributed by atoms with E-state index in [0.29, 0.717) is 0 Å². The summed E-state index contributed by atoms with van der Waals surface area (Å²) in [6, 6.07) is 6.94. The third-order valence-corrected chi connectivity index (χ3v) is 4.52. The number of rotatable bonds is 3. The molecule has 8 heteroatoms. The molecule has 0 saturated heterocycles. The molecule has 0 spiro atoms. The first-order valence-electron chi connectivity index (χ1n) is 5.26. The Hall–Kier alpha value is -1.50. The third kappa shape index (κ3) is 3.15. The lowest BCUT2D eigenvalue weighted by atomic mass is 10.3. The maximum atomic E-state index is 13.2. The van der Waals surface area contributed by atoms with Crippen LogP contribution in [0.1, 0.15) is 0 Å². The molecule has 0 saturated carbocycles. The Morgan fingerprint density at radius 3 is 2.35 bits per heavy atom. The average molecular weight is 336 g/mol. The highest BCUT2D eigenvalue weighted by Crippen LogP contribution is 2.27. The predicted octanol–water partition coefficient (Wildman–Crippen LogP) is 3.64. The Labute approximate surface area is 124 Å². The molecule has 0 fully saturated rings. The van der Waals surface area contributed by atoms with Crippen LogP contribution in [0.3, 0.4) is 0 Å². The number of halogens is 3. The Balaban J connectivity index is 2.35. The molecule has 2 aromatic rings. The van der Waals surface area contributed by atoms with E-state index in [1.54, 1.807) is 0 Å². The SMILES string of the molecule is O=S(=O)(Nc1ccc(O)c(F)c1)c1ccc(Cl)c(Cl)c1. The van der Waals surface area contributed by atoms with Crippen molar-refractivity contribution in [3.63, 3.8) is 0 Å². The van der Waals surface area contributed by atoms with Crippen molar-refractivity contribution in [2.24, 2.45) is 0 Å². The van der Waals surface area contributed by atoms with Crippen LogP contribution in [0.2, 0.25) is 10.0 Å². The molecule has 2 N–H and O–H groups in total. The number of hydrogen-bond donors (Lipinski definition) is 2. The average Bonchev–Trinajstić information content (AvgIpc) is 2.37. The van der Waals surface area contributed by atoms with E-state index in [0.717, 1.165) is 12.1 Å². The van der Waals surface area contributed by atoms with Crippen molar-refractivity contribution in [2.45, 2.75) is 4.90 Å². The molecule has 0 heterocycles. The van der Waals surface area contributed by atoms with Gasteiger partial charge in [-0.3, -0.25) is 4.72 Å². The zero-order valence-corrected chi connectivity index (χ0v) is 12.1. The van der Waals surface area contributed by atoms with Gasteiger partial charge < -0.3 is 5.11 Å². The standard InChI is InChI=1S/C12H8Cl2FNO3S/c13-9-3-2-8(6-10(9)14)20(18,19)16-7-1-4-12(17)11(15)5-7/h1-6,16-17H. The number of nitrogens with one attached hydrogen (secondary N) is 1. The molecule has 0 aromatic heterocycles. The van der Waals surface area contributed by atoms with Gasteiger partial charge in [-0.1, -0.05) is 23.2 Å². The number of sulfonamides is 1. The summed E-state index contributed by atoms with van der Waals surface area (Å²) in [5.41, 5.74) is -0.0219. The fraction of sp³-hybridized carbons (Fsp3) is 0. The summed E-state index contributed by atoms with van der Waals surface area (Å²) in [5.74, 6) is -1.50. The van der Waals surface area contributed by atoms with Crippen LogP contribution in [-0.2, 0) is 10.0 Å². The molecule has 0 aliphatic carbocycles. The highest BCUT2D eigenvalue weighted by atomic mass is 35.5. The number of phenolic OH excluding ortho intramolecular Hbond substituents is 1. The zero-order chi connectivity index (χ0) is 14.9. The highest BCUT2D eigenvalue weighted by Gasteiger charge is 2.16. The van der Waals surface area contributed by atoms with E-state index < -0.39 is 21.6 Å². The molecule has 0 radical (unpaired) electrons. The quantitative estimate of drug-likeness (QED) is 0.841. The summed E-state index contributed by atoms with van der Waals surface area (Å²) in [7, 11) is -3.92. The number of aromatic hydroxyl groups is 1. The molecule has 2 aromatic carbocycles. The van der Waals surface area contributed by atoms with Gasteiger partial charge >= 0.3 is 0 Å². The first-order valence-corrected chi connectivity index (χ1v) is 7.50. The molecule has 0 unspecified atom stereocenters. The molecule has 0 bridgehead atoms. The maximum absolute atomic E-state index is 13.2. The summed E-state index contributed by atoms with van der Waals surface area (Å²) < 4.78 is 39.4. The van der Waals surface area contributed by atoms with E-state index in [9.17, 15) is 12.8 Å². The van der Waals surface area contributed by atoms with Gasteiger partial charge in [0.05, 0.1) is 20.6 Å². The number of hydrogen-bond acceptors (Lipinski definition) is 3. The van der Waals surface area contributed by atoms with Gasteiger partial charge in [0.15, 0.2) is 11.6 Å². The molecular weight excluding hydrogens is 328 g/mol. The van der Waals surface area contributed by atoms with Crippen LogP contribution in [0.25, 0.3) is 0 Å². The van der Waals surface area contributed by atoms with E-state index in [1.165, 1.54) is 24.3 Å². The van der Waals surface area contributed by atoms with Gasteiger partial charge in [0.1, 0.15) is 0 Å². The Morgan fingerprint density at radius 1 is 1.05 bits per heavy atom. The number of phenols is 1. The van der Waals surface area contributed by atoms with Gasteiger partial charge in [0, 0.05) is 6.07 Å². The highest BCUT2D eigenvalue weighted by molar-refractivity contribution is 7.92. The monoisotopic (exact) mass is 335 g/mol. The van der Waals surface area contributed by atoms with E-state index in [4.69, 9.17) is 28.3 Å². The molecule has 20 heavy (non-hydrogen) atoms. The van der Waals surface area contributed by atoms with Crippen LogP contribution >= 0.6 is 23.2 Å². The van der Waals surface area contributed by atoms with E-state index >= 15 is 0 Å². The van der Waals surface area contributed by atoms with Gasteiger partial charge in [0.25, 0.3) is 10.0 Å². The van der Waals surface area contributed by atoms with E-state index in [2.05, 4.69) is 4.72 Å². The normalized spacial score (nSPS) is 11.3. The summed E-state index contributed by atoms with van der Waals surface area (Å²) in [6.45, 7) is 0. The van der Waals surface area contributed by atoms with Crippen molar-refractivity contribution in [3.05, 3.63) is 52.3 Å². The molecule has 0 amide bonds. The van der Waals surface area contributed by atoms with Crippen LogP contribution < -0.4 is 4.72 Å². The van der Waals surface area contributed by atoms with Gasteiger partial charge in [0.2, 0.25) is 0 Å². The van der Waals surface area contributed by atoms with Crippen molar-refractivity contribution in [1.29, 1.82) is 0 Å². The lowest BCUT2D eigenvalue weighted by Gasteiger charge is -2.09. The summed E-state index contributed by atoms with van der Waals surface area (Å²) in [6.07, 6.45) is 0. The lowest BCUT2D eigenvalue weighted by molar-refractivity contribution is 0.432. The van der Waals surface area contributed by atoms with Crippen molar-refractivity contribution >= 4 is 38.9 Å². The number of benzene rings is 2. The third-order valence-electron chi connectivity index (χ3n) is 2.40. The topological polar surface area (TPSA) is 66.4 Å². The van der Waals surface area contributed by atoms with Crippen molar-refractivity contribution < 1.29 is 17.9 Å². The van der Waals surface area contributed by atoms with E-state index in [-0.39, 0.29) is 20.6 Å². The van der Waals surface area contributed by atoms with Crippen molar-refractivity contribution in [1.82, 2.24) is 0 Å². The van der Waals surface area contributed by atoms with Gasteiger partial charge in [-0.15, -0.1) is 0 Å². The minimum absolute atomic E-state index is 0.0219. The molecule has 0 atom stereocenters. The Bertz CT molecular complexity index is 765. The van der Waals surface area contributed by atoms with Crippen LogP contribution in [0.15, 0.2) is 41.3 Å². The van der Waals surface area contributed by atoms with Gasteiger partial charge in [-0.25, -0.2) is 12.8 Å². The van der Waals surface area contributed by atoms with Crippen LogP contribution in [0.5, 0.6) is 5.75 Å². The van der Waals surface area contributed by atoms with Gasteiger partial charge in [-0.05, 0) is 30.3 Å². The Kier molecular flexibility index (Phi) is 4.08. The smallest absolute Gasteiger partial charge is 0.261 e. The van der Waals surface area contributed by atoms with E-state index in [1.807, 2.05) is 0 Å². The Morgan fingerprint density at radius 2 is 1.75 bits per heavy atom. The van der Waals surface area contributed by atoms with Crippen molar-refractivity contribution in [3.8, 4) is 5.75 Å². The molecule has 0 aliphatic heterocycles. The van der Waals surface area contributed by atoms with Crippen LogP contribution in [-0.4, -0.2) is 13.5 Å². The maximum Gasteiger partial charge on any atom is 0.261 e. The first-order chi connectivity index (χ1) is 9.29. The molecule has 2 rings (SSSR count). The summed E-state index contributed by atoms with van der Waals surface area (Å²) in [4.78, 5) is -0.111. The first kappa shape index (κ1) is 14.9. The fourth-order valence-corrected chi connectivity index (χ4v) is 2.87. The van der Waals surface area contributed by atoms with Gasteiger partial charge in [-0.2, -0.15) is 0 Å². The molecular formula is C12H8Cl2FNO3S. The molecule has 106 valence electrons. The lowest BCUT2D eigenvalue weighted by Crippen LogP contribution is -2.13. The van der Waals surface area contributed by atoms with Crippen LogP contribution in [0.4, 0.5) is 10.1 Å². The number of anilines is 1. The van der Waals surface area contributed by atoms with Crippen LogP contribution in [0, 0.1) is 5.82 Å². The minimum Gasteiger partial charge on any atom is -0.505 e. The zero-order valence-electron chi connectivity index (χ0n) is 9.77. The second kappa shape index (κ2) is 5.47. The molecule has 4 nitrogen and oxygen atoms in total. The second-order valence-electron chi connectivity index (χ2n) is 3.85. The summed E-state index contributed by atoms with van der Waals surface area (Å²) >= 11 is 11.5. The fourth-order valence-electron chi connectivity index (χ4n) is 1.43. The largest absolute Gasteiger partial charge is 0.505 e. The predicted molar refractivity (Wildman–Crippen MR) is 75.3 cm³/mol. The van der Waals surface area contributed by atoms with Crippen molar-refractivity contribution in [2.75, 3.05) is 4.72 Å². The summed E-state index contributed by atoms with van der Waals surface area (Å²) in [5, 5.41) is 9.35.